The van der Waals surface area contributed by atoms with Crippen LogP contribution in [0.1, 0.15) is 56.2 Å². The average Bonchev–Trinajstić information content (AvgIpc) is 3.45. The molecule has 2 heterocycles. The Hall–Kier alpha value is -2.41. The number of hydrogen-bond donors (Lipinski definition) is 1. The van der Waals surface area contributed by atoms with Gasteiger partial charge in [-0.1, -0.05) is 31.0 Å². The maximum absolute atomic E-state index is 5.51. The zero-order chi connectivity index (χ0) is 21.0. The Morgan fingerprint density at radius 2 is 2.03 bits per heavy atom. The first-order valence-corrected chi connectivity index (χ1v) is 11.2. The zero-order valence-electron chi connectivity index (χ0n) is 18.5. The Morgan fingerprint density at radius 3 is 2.77 bits per heavy atom. The molecule has 7 heteroatoms. The summed E-state index contributed by atoms with van der Waals surface area (Å²) in [4.78, 5) is 7.38. The van der Waals surface area contributed by atoms with Crippen molar-refractivity contribution in [3.63, 3.8) is 0 Å². The summed E-state index contributed by atoms with van der Waals surface area (Å²) in [7, 11) is 1.99. The molecule has 0 unspecified atom stereocenters. The smallest absolute Gasteiger partial charge is 0.198 e. The van der Waals surface area contributed by atoms with Gasteiger partial charge in [-0.2, -0.15) is 0 Å². The predicted molar refractivity (Wildman–Crippen MR) is 120 cm³/mol. The van der Waals surface area contributed by atoms with Crippen LogP contribution in [0.25, 0.3) is 0 Å². The van der Waals surface area contributed by atoms with Gasteiger partial charge in [0.1, 0.15) is 12.4 Å². The lowest BCUT2D eigenvalue weighted by Gasteiger charge is -2.27. The maximum atomic E-state index is 5.51. The maximum Gasteiger partial charge on any atom is 0.198 e. The molecule has 0 amide bonds. The third-order valence-electron chi connectivity index (χ3n) is 6.55. The molecule has 1 spiro atoms. The van der Waals surface area contributed by atoms with Crippen molar-refractivity contribution in [2.45, 2.75) is 57.9 Å². The number of nitrogens with zero attached hydrogens (tertiary/aromatic N) is 5. The SMILES string of the molecule is CCOCCCNC(=NCc1nnc(C)n1C)N1CC2(CCCC2)c2ccccc21. The van der Waals surface area contributed by atoms with Crippen LogP contribution in [-0.4, -0.2) is 47.0 Å². The van der Waals surface area contributed by atoms with Crippen molar-refractivity contribution in [1.29, 1.82) is 0 Å². The van der Waals surface area contributed by atoms with Crippen LogP contribution in [0.4, 0.5) is 5.69 Å². The van der Waals surface area contributed by atoms with Crippen LogP contribution in [0, 0.1) is 6.92 Å². The fourth-order valence-corrected chi connectivity index (χ4v) is 4.79. The van der Waals surface area contributed by atoms with Crippen molar-refractivity contribution in [1.82, 2.24) is 20.1 Å². The van der Waals surface area contributed by atoms with E-state index in [0.29, 0.717) is 6.54 Å². The van der Waals surface area contributed by atoms with Gasteiger partial charge >= 0.3 is 0 Å². The average molecular weight is 411 g/mol. The van der Waals surface area contributed by atoms with Gasteiger partial charge in [-0.25, -0.2) is 4.99 Å². The molecule has 0 atom stereocenters. The molecular weight excluding hydrogens is 376 g/mol. The largest absolute Gasteiger partial charge is 0.382 e. The molecular formula is C23H34N6O. The minimum absolute atomic E-state index is 0.270. The highest BCUT2D eigenvalue weighted by Gasteiger charge is 2.45. The fourth-order valence-electron chi connectivity index (χ4n) is 4.79. The summed E-state index contributed by atoms with van der Waals surface area (Å²) in [5.41, 5.74) is 3.05. The Balaban J connectivity index is 1.58. The number of aromatic nitrogens is 3. The number of guanidine groups is 1. The number of fused-ring (bicyclic) bond motifs is 2. The van der Waals surface area contributed by atoms with E-state index in [1.807, 2.05) is 25.5 Å². The summed E-state index contributed by atoms with van der Waals surface area (Å²) in [5, 5.41) is 12.1. The summed E-state index contributed by atoms with van der Waals surface area (Å²) < 4.78 is 7.51. The normalized spacial score (nSPS) is 17.7. The van der Waals surface area contributed by atoms with Crippen molar-refractivity contribution < 1.29 is 4.74 Å². The third kappa shape index (κ3) is 4.08. The number of hydrogen-bond acceptors (Lipinski definition) is 4. The Morgan fingerprint density at radius 1 is 1.23 bits per heavy atom. The second-order valence-corrected chi connectivity index (χ2v) is 8.43. The molecule has 2 aliphatic rings. The van der Waals surface area contributed by atoms with E-state index >= 15 is 0 Å². The summed E-state index contributed by atoms with van der Waals surface area (Å²) in [5.74, 6) is 2.72. The van der Waals surface area contributed by atoms with Crippen LogP contribution in [0.3, 0.4) is 0 Å². The van der Waals surface area contributed by atoms with Gasteiger partial charge in [0.2, 0.25) is 0 Å². The van der Waals surface area contributed by atoms with Crippen molar-refractivity contribution in [2.24, 2.45) is 12.0 Å². The highest BCUT2D eigenvalue weighted by molar-refractivity contribution is 5.98. The first-order valence-electron chi connectivity index (χ1n) is 11.2. The molecule has 1 aliphatic carbocycles. The van der Waals surface area contributed by atoms with Crippen molar-refractivity contribution in [3.8, 4) is 0 Å². The molecule has 0 saturated heterocycles. The van der Waals surface area contributed by atoms with Crippen LogP contribution in [0.5, 0.6) is 0 Å². The quantitative estimate of drug-likeness (QED) is 0.431. The first-order chi connectivity index (χ1) is 14.6. The molecule has 4 rings (SSSR count). The van der Waals surface area contributed by atoms with Crippen molar-refractivity contribution in [2.75, 3.05) is 31.2 Å². The highest BCUT2D eigenvalue weighted by Crippen LogP contribution is 2.50. The lowest BCUT2D eigenvalue weighted by Crippen LogP contribution is -2.44. The topological polar surface area (TPSA) is 67.6 Å². The lowest BCUT2D eigenvalue weighted by molar-refractivity contribution is 0.145. The molecule has 162 valence electrons. The molecule has 1 N–H and O–H groups in total. The minimum atomic E-state index is 0.270. The molecule has 1 aliphatic heterocycles. The number of para-hydroxylation sites is 1. The minimum Gasteiger partial charge on any atom is -0.382 e. The Kier molecular flexibility index (Phi) is 6.37. The van der Waals surface area contributed by atoms with Crippen LogP contribution in [0.15, 0.2) is 29.3 Å². The van der Waals surface area contributed by atoms with Crippen LogP contribution in [-0.2, 0) is 23.7 Å². The number of aryl methyl sites for hydroxylation is 1. The molecule has 30 heavy (non-hydrogen) atoms. The van der Waals surface area contributed by atoms with Gasteiger partial charge in [0, 0.05) is 44.5 Å². The molecule has 1 fully saturated rings. The second-order valence-electron chi connectivity index (χ2n) is 8.43. The molecule has 7 nitrogen and oxygen atoms in total. The number of anilines is 1. The van der Waals surface area contributed by atoms with E-state index in [4.69, 9.17) is 9.73 Å². The van der Waals surface area contributed by atoms with Crippen molar-refractivity contribution in [3.05, 3.63) is 41.5 Å². The number of aliphatic imine (C=N–C) groups is 1. The number of benzene rings is 1. The molecule has 2 aromatic rings. The Bertz CT molecular complexity index is 884. The van der Waals surface area contributed by atoms with Gasteiger partial charge in [0.25, 0.3) is 0 Å². The number of ether oxygens (including phenoxy) is 1. The van der Waals surface area contributed by atoms with Gasteiger partial charge in [-0.3, -0.25) is 0 Å². The molecule has 0 bridgehead atoms. The van der Waals surface area contributed by atoms with Gasteiger partial charge in [-0.15, -0.1) is 10.2 Å². The van der Waals surface area contributed by atoms with Gasteiger partial charge < -0.3 is 19.5 Å². The molecule has 1 saturated carbocycles. The van der Waals surface area contributed by atoms with Crippen LogP contribution >= 0.6 is 0 Å². The van der Waals surface area contributed by atoms with E-state index < -0.39 is 0 Å². The zero-order valence-corrected chi connectivity index (χ0v) is 18.5. The third-order valence-corrected chi connectivity index (χ3v) is 6.55. The van der Waals surface area contributed by atoms with Crippen molar-refractivity contribution >= 4 is 11.6 Å². The van der Waals surface area contributed by atoms with E-state index in [1.165, 1.54) is 36.9 Å². The molecule has 0 radical (unpaired) electrons. The van der Waals surface area contributed by atoms with E-state index in [-0.39, 0.29) is 5.41 Å². The van der Waals surface area contributed by atoms with E-state index in [2.05, 4.69) is 44.7 Å². The number of rotatable bonds is 7. The standard InChI is InChI=1S/C23H34N6O/c1-4-30-15-9-14-24-22(25-16-21-27-26-18(2)28(21)3)29-17-23(12-7-8-13-23)19-10-5-6-11-20(19)29/h5-6,10-11H,4,7-9,12-17H2,1-3H3,(H,24,25). The number of nitrogens with one attached hydrogen (secondary N) is 1. The first kappa shape index (κ1) is 20.8. The molecule has 1 aromatic carbocycles. The fraction of sp³-hybridized carbons (Fsp3) is 0.609. The lowest BCUT2D eigenvalue weighted by atomic mass is 9.81. The summed E-state index contributed by atoms with van der Waals surface area (Å²) >= 11 is 0. The summed E-state index contributed by atoms with van der Waals surface area (Å²) in [6, 6.07) is 8.88. The van der Waals surface area contributed by atoms with Crippen LogP contribution in [0.2, 0.25) is 0 Å². The summed E-state index contributed by atoms with van der Waals surface area (Å²) in [6.45, 7) is 7.87. The molecule has 1 aromatic heterocycles. The van der Waals surface area contributed by atoms with E-state index in [0.717, 1.165) is 50.3 Å². The highest BCUT2D eigenvalue weighted by atomic mass is 16.5. The summed E-state index contributed by atoms with van der Waals surface area (Å²) in [6.07, 6.45) is 6.11. The van der Waals surface area contributed by atoms with Gasteiger partial charge in [0.05, 0.1) is 0 Å². The Labute approximate surface area is 179 Å². The second kappa shape index (κ2) is 9.16. The van der Waals surface area contributed by atoms with Crippen LogP contribution < -0.4 is 10.2 Å². The monoisotopic (exact) mass is 410 g/mol. The van der Waals surface area contributed by atoms with E-state index in [1.54, 1.807) is 0 Å². The van der Waals surface area contributed by atoms with Gasteiger partial charge in [0.15, 0.2) is 11.8 Å². The van der Waals surface area contributed by atoms with Gasteiger partial charge in [-0.05, 0) is 44.7 Å². The van der Waals surface area contributed by atoms with E-state index in [9.17, 15) is 0 Å². The predicted octanol–water partition coefficient (Wildman–Crippen LogP) is 3.33.